The van der Waals surface area contributed by atoms with Gasteiger partial charge >= 0.3 is 17.8 Å². The number of carbonyl (C=O) groups excluding carboxylic acids is 3. The summed E-state index contributed by atoms with van der Waals surface area (Å²) in [6.45, 7) is 2.14. The third kappa shape index (κ3) is 2.04. The maximum absolute atomic E-state index is 11.4. The zero-order valence-corrected chi connectivity index (χ0v) is 9.40. The lowest BCUT2D eigenvalue weighted by molar-refractivity contribution is -0.140. The first-order valence-corrected chi connectivity index (χ1v) is 5.37. The summed E-state index contributed by atoms with van der Waals surface area (Å²) in [4.78, 5) is 34.7. The summed E-state index contributed by atoms with van der Waals surface area (Å²) in [6.07, 6.45) is 0.813. The summed E-state index contributed by atoms with van der Waals surface area (Å²) in [5.74, 6) is -1.65. The van der Waals surface area contributed by atoms with E-state index in [1.165, 1.54) is 0 Å². The lowest BCUT2D eigenvalue weighted by atomic mass is 10.1. The van der Waals surface area contributed by atoms with Crippen molar-refractivity contribution in [2.24, 2.45) is 0 Å². The molecule has 88 valence electrons. The van der Waals surface area contributed by atoms with E-state index in [4.69, 9.17) is 0 Å². The molecule has 1 fully saturated rings. The smallest absolute Gasteiger partial charge is 0.269 e. The van der Waals surface area contributed by atoms with Crippen LogP contribution in [-0.2, 0) is 22.6 Å². The summed E-state index contributed by atoms with van der Waals surface area (Å²) >= 11 is 0. The van der Waals surface area contributed by atoms with Crippen LogP contribution in [0.5, 0.6) is 0 Å². The first kappa shape index (κ1) is 11.3. The molecule has 17 heavy (non-hydrogen) atoms. The molecule has 0 aliphatic carbocycles. The third-order valence-corrected chi connectivity index (χ3v) is 2.73. The van der Waals surface area contributed by atoms with Gasteiger partial charge in [0.2, 0.25) is 0 Å². The fourth-order valence-electron chi connectivity index (χ4n) is 1.80. The lowest BCUT2D eigenvalue weighted by Gasteiger charge is -2.13. The molecule has 1 aromatic carbocycles. The van der Waals surface area contributed by atoms with Gasteiger partial charge in [-0.3, -0.25) is 19.8 Å². The van der Waals surface area contributed by atoms with E-state index in [9.17, 15) is 14.4 Å². The maximum atomic E-state index is 11.4. The van der Waals surface area contributed by atoms with Crippen molar-refractivity contribution in [3.05, 3.63) is 35.4 Å². The minimum atomic E-state index is -0.857. The van der Waals surface area contributed by atoms with Crippen molar-refractivity contribution in [3.8, 4) is 0 Å². The number of hydrogen-bond donors (Lipinski definition) is 1. The van der Waals surface area contributed by atoms with Crippen molar-refractivity contribution >= 4 is 17.8 Å². The van der Waals surface area contributed by atoms with Crippen LogP contribution >= 0.6 is 0 Å². The fraction of sp³-hybridized carbons (Fsp3) is 0.250. The van der Waals surface area contributed by atoms with E-state index in [1.54, 1.807) is 0 Å². The highest BCUT2D eigenvalue weighted by atomic mass is 16.2. The zero-order valence-electron chi connectivity index (χ0n) is 9.40. The Balaban J connectivity index is 2.24. The summed E-state index contributed by atoms with van der Waals surface area (Å²) in [6, 6.07) is 6.89. The summed E-state index contributed by atoms with van der Waals surface area (Å²) < 4.78 is 0. The van der Waals surface area contributed by atoms with E-state index in [0.717, 1.165) is 22.4 Å². The molecule has 4 amide bonds. The van der Waals surface area contributed by atoms with Gasteiger partial charge in [-0.15, -0.1) is 0 Å². The normalized spacial score (nSPS) is 15.4. The summed E-state index contributed by atoms with van der Waals surface area (Å²) in [7, 11) is 0. The molecule has 0 radical (unpaired) electrons. The SMILES string of the molecule is CCc1ccccc1CN1C(=O)NC(=O)C1=O. The molecule has 1 heterocycles. The molecule has 0 atom stereocenters. The maximum Gasteiger partial charge on any atom is 0.331 e. The third-order valence-electron chi connectivity index (χ3n) is 2.73. The second kappa shape index (κ2) is 4.37. The molecule has 0 spiro atoms. The van der Waals surface area contributed by atoms with Crippen molar-refractivity contribution in [1.82, 2.24) is 10.2 Å². The van der Waals surface area contributed by atoms with Crippen molar-refractivity contribution < 1.29 is 14.4 Å². The van der Waals surface area contributed by atoms with Crippen molar-refractivity contribution in [2.45, 2.75) is 19.9 Å². The van der Waals surface area contributed by atoms with Crippen LogP contribution in [0.3, 0.4) is 0 Å². The van der Waals surface area contributed by atoms with Gasteiger partial charge in [0.15, 0.2) is 0 Å². The van der Waals surface area contributed by atoms with Crippen LogP contribution < -0.4 is 5.32 Å². The topological polar surface area (TPSA) is 66.5 Å². The number of imide groups is 2. The van der Waals surface area contributed by atoms with Gasteiger partial charge in [-0.2, -0.15) is 0 Å². The predicted molar refractivity (Wildman–Crippen MR) is 59.9 cm³/mol. The monoisotopic (exact) mass is 232 g/mol. The number of rotatable bonds is 3. The second-order valence-corrected chi connectivity index (χ2v) is 3.77. The van der Waals surface area contributed by atoms with Gasteiger partial charge in [-0.1, -0.05) is 31.2 Å². The molecule has 0 unspecified atom stereocenters. The second-order valence-electron chi connectivity index (χ2n) is 3.77. The number of nitrogens with one attached hydrogen (secondary N) is 1. The van der Waals surface area contributed by atoms with Crippen LogP contribution in [0, 0.1) is 0 Å². The molecule has 0 aromatic heterocycles. The largest absolute Gasteiger partial charge is 0.331 e. The zero-order chi connectivity index (χ0) is 12.4. The minimum Gasteiger partial charge on any atom is -0.269 e. The van der Waals surface area contributed by atoms with E-state index in [-0.39, 0.29) is 6.54 Å². The first-order valence-electron chi connectivity index (χ1n) is 5.37. The van der Waals surface area contributed by atoms with Gasteiger partial charge in [-0.25, -0.2) is 4.79 Å². The molecule has 1 aliphatic heterocycles. The molecule has 2 rings (SSSR count). The molecule has 0 bridgehead atoms. The van der Waals surface area contributed by atoms with Crippen LogP contribution in [-0.4, -0.2) is 22.7 Å². The number of amides is 4. The molecule has 5 nitrogen and oxygen atoms in total. The van der Waals surface area contributed by atoms with Crippen molar-refractivity contribution in [2.75, 3.05) is 0 Å². The number of urea groups is 1. The lowest BCUT2D eigenvalue weighted by Crippen LogP contribution is -2.30. The van der Waals surface area contributed by atoms with Crippen molar-refractivity contribution in [3.63, 3.8) is 0 Å². The molecule has 0 saturated carbocycles. The van der Waals surface area contributed by atoms with Crippen LogP contribution in [0.1, 0.15) is 18.1 Å². The average Bonchev–Trinajstić information content (AvgIpc) is 2.57. The van der Waals surface area contributed by atoms with Crippen LogP contribution in [0.15, 0.2) is 24.3 Å². The Labute approximate surface area is 98.4 Å². The standard InChI is InChI=1S/C12H12N2O3/c1-2-8-5-3-4-6-9(8)7-14-11(16)10(15)13-12(14)17/h3-6H,2,7H2,1H3,(H,13,15,17). The molecule has 1 saturated heterocycles. The van der Waals surface area contributed by atoms with E-state index in [0.29, 0.717) is 0 Å². The Kier molecular flexibility index (Phi) is 2.91. The van der Waals surface area contributed by atoms with Gasteiger partial charge in [0.1, 0.15) is 0 Å². The molecular weight excluding hydrogens is 220 g/mol. The number of aryl methyl sites for hydroxylation is 1. The van der Waals surface area contributed by atoms with E-state index in [2.05, 4.69) is 0 Å². The predicted octanol–water partition coefficient (Wildman–Crippen LogP) is 0.827. The number of benzene rings is 1. The highest BCUT2D eigenvalue weighted by Crippen LogP contribution is 2.14. The Bertz CT molecular complexity index is 496. The van der Waals surface area contributed by atoms with Crippen molar-refractivity contribution in [1.29, 1.82) is 0 Å². The number of carbonyl (C=O) groups is 3. The van der Waals surface area contributed by atoms with Crippen LogP contribution in [0.2, 0.25) is 0 Å². The van der Waals surface area contributed by atoms with Crippen LogP contribution in [0.4, 0.5) is 4.79 Å². The molecule has 1 aromatic rings. The molecule has 1 aliphatic rings. The van der Waals surface area contributed by atoms with Gasteiger partial charge in [0.05, 0.1) is 6.54 Å². The Hall–Kier alpha value is -2.17. The van der Waals surface area contributed by atoms with E-state index >= 15 is 0 Å². The van der Waals surface area contributed by atoms with E-state index < -0.39 is 17.8 Å². The Morgan fingerprint density at radius 3 is 2.29 bits per heavy atom. The number of nitrogens with zero attached hydrogens (tertiary/aromatic N) is 1. The fourth-order valence-corrected chi connectivity index (χ4v) is 1.80. The summed E-state index contributed by atoms with van der Waals surface area (Å²) in [5.41, 5.74) is 1.95. The van der Waals surface area contributed by atoms with Crippen LogP contribution in [0.25, 0.3) is 0 Å². The van der Waals surface area contributed by atoms with Gasteiger partial charge < -0.3 is 0 Å². The first-order chi connectivity index (χ1) is 8.13. The Morgan fingerprint density at radius 2 is 1.76 bits per heavy atom. The molecular formula is C12H12N2O3. The van der Waals surface area contributed by atoms with E-state index in [1.807, 2.05) is 36.5 Å². The average molecular weight is 232 g/mol. The number of hydrogen-bond acceptors (Lipinski definition) is 3. The highest BCUT2D eigenvalue weighted by molar-refractivity contribution is 6.44. The molecule has 5 heteroatoms. The van der Waals surface area contributed by atoms with Gasteiger partial charge in [0.25, 0.3) is 0 Å². The summed E-state index contributed by atoms with van der Waals surface area (Å²) in [5, 5.41) is 1.97. The quantitative estimate of drug-likeness (QED) is 0.620. The molecule has 1 N–H and O–H groups in total. The minimum absolute atomic E-state index is 0.139. The highest BCUT2D eigenvalue weighted by Gasteiger charge is 2.36. The van der Waals surface area contributed by atoms with Gasteiger partial charge in [-0.05, 0) is 17.5 Å². The Morgan fingerprint density at radius 1 is 1.12 bits per heavy atom. The van der Waals surface area contributed by atoms with Gasteiger partial charge in [0, 0.05) is 0 Å².